The highest BCUT2D eigenvalue weighted by Gasteiger charge is 2.29. The highest BCUT2D eigenvalue weighted by molar-refractivity contribution is 7.91. The Hall–Kier alpha value is -3.73. The fourth-order valence-corrected chi connectivity index (χ4v) is 4.76. The zero-order valence-corrected chi connectivity index (χ0v) is 19.2. The molecule has 3 aromatic heterocycles. The van der Waals surface area contributed by atoms with E-state index in [9.17, 15) is 8.42 Å². The zero-order chi connectivity index (χ0) is 23.4. The molecule has 1 aromatic carbocycles. The monoisotopic (exact) mass is 469 g/mol. The fraction of sp³-hybridized carbons (Fsp3) is 0.273. The standard InChI is InChI=1S/C22H23N5O5S/c1-15(10-16-11-23-14-24-12-16)33(28,29)13-20-25-26-22(19-8-5-9-32-19)27(20)21-17(30-2)6-4-7-18(21)31-3/h4-9,11-12,14-15H,10,13H2,1-3H3/t15-/m1/s1. The van der Waals surface area contributed by atoms with E-state index in [0.29, 0.717) is 28.8 Å². The maximum Gasteiger partial charge on any atom is 0.204 e. The van der Waals surface area contributed by atoms with Crippen LogP contribution in [0.1, 0.15) is 18.3 Å². The van der Waals surface area contributed by atoms with Gasteiger partial charge in [-0.25, -0.2) is 18.4 Å². The van der Waals surface area contributed by atoms with Crippen molar-refractivity contribution in [2.45, 2.75) is 24.3 Å². The topological polar surface area (TPSA) is 122 Å². The van der Waals surface area contributed by atoms with Crippen LogP contribution in [0.15, 0.2) is 59.7 Å². The van der Waals surface area contributed by atoms with Gasteiger partial charge in [0, 0.05) is 12.4 Å². The van der Waals surface area contributed by atoms with Crippen molar-refractivity contribution in [2.24, 2.45) is 0 Å². The van der Waals surface area contributed by atoms with Crippen molar-refractivity contribution in [3.05, 3.63) is 66.7 Å². The van der Waals surface area contributed by atoms with E-state index >= 15 is 0 Å². The third-order valence-electron chi connectivity index (χ3n) is 5.18. The molecule has 11 heteroatoms. The van der Waals surface area contributed by atoms with Gasteiger partial charge in [0.15, 0.2) is 21.4 Å². The number of hydrogen-bond acceptors (Lipinski definition) is 9. The van der Waals surface area contributed by atoms with E-state index in [2.05, 4.69) is 20.2 Å². The van der Waals surface area contributed by atoms with Crippen molar-refractivity contribution >= 4 is 9.84 Å². The Bertz CT molecular complexity index is 1300. The number of benzene rings is 1. The Morgan fingerprint density at radius 1 is 1.03 bits per heavy atom. The van der Waals surface area contributed by atoms with Crippen molar-refractivity contribution < 1.29 is 22.3 Å². The Kier molecular flexibility index (Phi) is 6.40. The van der Waals surface area contributed by atoms with Gasteiger partial charge in [0.2, 0.25) is 5.82 Å². The second-order valence-electron chi connectivity index (χ2n) is 7.33. The fourth-order valence-electron chi connectivity index (χ4n) is 3.48. The van der Waals surface area contributed by atoms with Crippen LogP contribution in [-0.4, -0.2) is 52.6 Å². The summed E-state index contributed by atoms with van der Waals surface area (Å²) in [6.07, 6.45) is 6.41. The summed E-state index contributed by atoms with van der Waals surface area (Å²) in [6.45, 7) is 1.65. The number of ether oxygens (including phenoxy) is 2. The van der Waals surface area contributed by atoms with Crippen molar-refractivity contribution in [2.75, 3.05) is 14.2 Å². The molecule has 0 radical (unpaired) electrons. The zero-order valence-electron chi connectivity index (χ0n) is 18.4. The summed E-state index contributed by atoms with van der Waals surface area (Å²) >= 11 is 0. The molecule has 0 aliphatic heterocycles. The first kappa shape index (κ1) is 22.5. The lowest BCUT2D eigenvalue weighted by Crippen LogP contribution is -2.24. The Morgan fingerprint density at radius 3 is 2.33 bits per heavy atom. The number of aromatic nitrogens is 5. The Morgan fingerprint density at radius 2 is 1.73 bits per heavy atom. The largest absolute Gasteiger partial charge is 0.494 e. The third-order valence-corrected chi connectivity index (χ3v) is 7.23. The van der Waals surface area contributed by atoms with Crippen molar-refractivity contribution in [3.63, 3.8) is 0 Å². The molecule has 0 spiro atoms. The normalized spacial score (nSPS) is 12.5. The average molecular weight is 470 g/mol. The summed E-state index contributed by atoms with van der Waals surface area (Å²) in [4.78, 5) is 7.91. The minimum absolute atomic E-state index is 0.209. The van der Waals surface area contributed by atoms with Gasteiger partial charge in [-0.1, -0.05) is 6.07 Å². The van der Waals surface area contributed by atoms with E-state index in [4.69, 9.17) is 13.9 Å². The number of methoxy groups -OCH3 is 2. The maximum atomic E-state index is 13.3. The van der Waals surface area contributed by atoms with Crippen molar-refractivity contribution in [1.82, 2.24) is 24.7 Å². The molecule has 0 aliphatic rings. The van der Waals surface area contributed by atoms with Gasteiger partial charge in [-0.3, -0.25) is 4.57 Å². The molecule has 0 bridgehead atoms. The molecule has 172 valence electrons. The first-order valence-electron chi connectivity index (χ1n) is 10.1. The van der Waals surface area contributed by atoms with Crippen LogP contribution < -0.4 is 9.47 Å². The smallest absolute Gasteiger partial charge is 0.204 e. The summed E-state index contributed by atoms with van der Waals surface area (Å²) in [5.74, 6) is 1.55. The first-order valence-corrected chi connectivity index (χ1v) is 11.8. The molecule has 0 N–H and O–H groups in total. The van der Waals surface area contributed by atoms with Crippen LogP contribution in [0.2, 0.25) is 0 Å². The second-order valence-corrected chi connectivity index (χ2v) is 9.75. The lowest BCUT2D eigenvalue weighted by Gasteiger charge is -2.18. The number of sulfone groups is 1. The van der Waals surface area contributed by atoms with Crippen molar-refractivity contribution in [3.8, 4) is 28.8 Å². The van der Waals surface area contributed by atoms with Crippen LogP contribution in [-0.2, 0) is 22.0 Å². The van der Waals surface area contributed by atoms with E-state index in [0.717, 1.165) is 5.56 Å². The first-order chi connectivity index (χ1) is 15.9. The van der Waals surface area contributed by atoms with Crippen LogP contribution in [0.4, 0.5) is 0 Å². The second kappa shape index (κ2) is 9.41. The van der Waals surface area contributed by atoms with Gasteiger partial charge in [-0.05, 0) is 43.2 Å². The molecular formula is C22H23N5O5S. The van der Waals surface area contributed by atoms with Crippen LogP contribution in [0.3, 0.4) is 0 Å². The molecule has 0 fully saturated rings. The van der Waals surface area contributed by atoms with Gasteiger partial charge < -0.3 is 13.9 Å². The third kappa shape index (κ3) is 4.58. The average Bonchev–Trinajstić information content (AvgIpc) is 3.49. The van der Waals surface area contributed by atoms with Gasteiger partial charge >= 0.3 is 0 Å². The number of nitrogens with zero attached hydrogens (tertiary/aromatic N) is 5. The predicted molar refractivity (Wildman–Crippen MR) is 120 cm³/mol. The molecule has 4 aromatic rings. The number of para-hydroxylation sites is 1. The predicted octanol–water partition coefficient (Wildman–Crippen LogP) is 2.88. The van der Waals surface area contributed by atoms with Gasteiger partial charge in [0.25, 0.3) is 0 Å². The van der Waals surface area contributed by atoms with E-state index in [1.807, 2.05) is 0 Å². The van der Waals surface area contributed by atoms with Gasteiger partial charge in [-0.15, -0.1) is 10.2 Å². The van der Waals surface area contributed by atoms with E-state index in [-0.39, 0.29) is 18.0 Å². The molecular weight excluding hydrogens is 446 g/mol. The number of rotatable bonds is 9. The maximum absolute atomic E-state index is 13.3. The van der Waals surface area contributed by atoms with Gasteiger partial charge in [0.1, 0.15) is 29.3 Å². The quantitative estimate of drug-likeness (QED) is 0.364. The highest BCUT2D eigenvalue weighted by atomic mass is 32.2. The summed E-state index contributed by atoms with van der Waals surface area (Å²) in [5, 5.41) is 7.75. The minimum atomic E-state index is -3.63. The molecule has 0 unspecified atom stereocenters. The molecule has 4 rings (SSSR count). The summed E-state index contributed by atoms with van der Waals surface area (Å²) in [7, 11) is -0.581. The van der Waals surface area contributed by atoms with E-state index < -0.39 is 15.1 Å². The van der Waals surface area contributed by atoms with Crippen LogP contribution >= 0.6 is 0 Å². The number of hydrogen-bond donors (Lipinski definition) is 0. The summed E-state index contributed by atoms with van der Waals surface area (Å²) in [6, 6.07) is 8.71. The van der Waals surface area contributed by atoms with Crippen LogP contribution in [0.5, 0.6) is 11.5 Å². The number of furan rings is 1. The highest BCUT2D eigenvalue weighted by Crippen LogP contribution is 2.36. The van der Waals surface area contributed by atoms with E-state index in [1.165, 1.54) is 26.8 Å². The van der Waals surface area contributed by atoms with Gasteiger partial charge in [0.05, 0.1) is 25.7 Å². The minimum Gasteiger partial charge on any atom is -0.494 e. The SMILES string of the molecule is COc1cccc(OC)c1-n1c(CS(=O)(=O)[C@H](C)Cc2cncnc2)nnc1-c1ccco1. The Balaban J connectivity index is 1.79. The van der Waals surface area contributed by atoms with E-state index in [1.54, 1.807) is 54.2 Å². The molecule has 0 saturated carbocycles. The molecule has 1 atom stereocenters. The molecule has 10 nitrogen and oxygen atoms in total. The van der Waals surface area contributed by atoms with Crippen molar-refractivity contribution in [1.29, 1.82) is 0 Å². The van der Waals surface area contributed by atoms with Crippen LogP contribution in [0.25, 0.3) is 17.3 Å². The molecule has 0 aliphatic carbocycles. The molecule has 0 amide bonds. The summed E-state index contributed by atoms with van der Waals surface area (Å²) in [5.41, 5.74) is 1.21. The molecule has 3 heterocycles. The van der Waals surface area contributed by atoms with Crippen LogP contribution in [0, 0.1) is 0 Å². The lowest BCUT2D eigenvalue weighted by molar-refractivity contribution is 0.390. The van der Waals surface area contributed by atoms with Gasteiger partial charge in [-0.2, -0.15) is 0 Å². The Labute approximate surface area is 191 Å². The lowest BCUT2D eigenvalue weighted by atomic mass is 10.2. The molecule has 0 saturated heterocycles. The summed E-state index contributed by atoms with van der Waals surface area (Å²) < 4.78 is 44.8. The molecule has 33 heavy (non-hydrogen) atoms.